The fourth-order valence-electron chi connectivity index (χ4n) is 3.87. The van der Waals surface area contributed by atoms with E-state index in [9.17, 15) is 4.79 Å². The maximum Gasteiger partial charge on any atom is 0.173 e. The van der Waals surface area contributed by atoms with Crippen LogP contribution in [0.5, 0.6) is 11.5 Å². The second-order valence-electron chi connectivity index (χ2n) is 7.20. The van der Waals surface area contributed by atoms with Gasteiger partial charge >= 0.3 is 0 Å². The minimum absolute atomic E-state index is 0. The molecule has 1 aliphatic carbocycles. The first kappa shape index (κ1) is 21.1. The average Bonchev–Trinajstić information content (AvgIpc) is 3.03. The molecule has 3 aromatic rings. The Kier molecular flexibility index (Phi) is 6.70. The number of rotatable bonds is 6. The van der Waals surface area contributed by atoms with E-state index in [-0.39, 0.29) is 28.7 Å². The minimum Gasteiger partial charge on any atom is -1.00 e. The van der Waals surface area contributed by atoms with Crippen LogP contribution in [0.4, 0.5) is 0 Å². The summed E-state index contributed by atoms with van der Waals surface area (Å²) >= 11 is 0. The van der Waals surface area contributed by atoms with E-state index in [1.807, 2.05) is 18.2 Å². The van der Waals surface area contributed by atoms with Gasteiger partial charge in [0.05, 0.1) is 14.2 Å². The molecule has 4 nitrogen and oxygen atoms in total. The molecule has 1 aliphatic rings. The Labute approximate surface area is 181 Å². The molecule has 1 unspecified atom stereocenters. The lowest BCUT2D eigenvalue weighted by Crippen LogP contribution is -3.00. The fraction of sp³-hybridized carbons (Fsp3) is 0.250. The van der Waals surface area contributed by atoms with Crippen LogP contribution in [-0.4, -0.2) is 20.0 Å². The van der Waals surface area contributed by atoms with Crippen molar-refractivity contribution in [3.8, 4) is 11.5 Å². The Morgan fingerprint density at radius 1 is 0.931 bits per heavy atom. The number of hydrogen-bond acceptors (Lipinski definition) is 3. The zero-order valence-electron chi connectivity index (χ0n) is 16.6. The third-order valence-electron chi connectivity index (χ3n) is 5.36. The number of hydrogen-bond donors (Lipinski definition) is 0. The van der Waals surface area contributed by atoms with Crippen LogP contribution in [0.15, 0.2) is 67.0 Å². The Morgan fingerprint density at radius 2 is 1.59 bits per heavy atom. The quantitative estimate of drug-likeness (QED) is 0.514. The molecule has 0 bridgehead atoms. The van der Waals surface area contributed by atoms with Crippen molar-refractivity contribution in [3.63, 3.8) is 0 Å². The lowest BCUT2D eigenvalue weighted by Gasteiger charge is -2.09. The number of fused-ring (bicyclic) bond motifs is 1. The van der Waals surface area contributed by atoms with Crippen molar-refractivity contribution in [2.24, 2.45) is 5.92 Å². The average molecular weight is 454 g/mol. The van der Waals surface area contributed by atoms with E-state index in [2.05, 4.69) is 53.4 Å². The summed E-state index contributed by atoms with van der Waals surface area (Å²) in [5, 5.41) is 0. The number of halogens is 1. The molecule has 0 amide bonds. The number of carbonyl (C=O) groups excluding carboxylic acids is 1. The van der Waals surface area contributed by atoms with Crippen LogP contribution < -0.4 is 31.0 Å². The van der Waals surface area contributed by atoms with Crippen molar-refractivity contribution in [2.75, 3.05) is 14.2 Å². The zero-order chi connectivity index (χ0) is 19.5. The molecule has 0 saturated carbocycles. The van der Waals surface area contributed by atoms with E-state index in [4.69, 9.17) is 9.47 Å². The highest BCUT2D eigenvalue weighted by Crippen LogP contribution is 2.37. The predicted molar refractivity (Wildman–Crippen MR) is 107 cm³/mol. The van der Waals surface area contributed by atoms with Crippen molar-refractivity contribution in [1.29, 1.82) is 0 Å². The molecule has 0 spiro atoms. The number of ketones is 1. The molecule has 0 radical (unpaired) electrons. The molecule has 0 fully saturated rings. The van der Waals surface area contributed by atoms with Crippen molar-refractivity contribution in [2.45, 2.75) is 19.4 Å². The summed E-state index contributed by atoms with van der Waals surface area (Å²) in [6.45, 7) is 0.842. The Balaban J connectivity index is 0.00000240. The SMILES string of the molecule is COc1cc2c(cc1OC)C(=O)C(Cc1cc[n+](Cc3ccccc3)cc1)C2.[Br-]. The van der Waals surface area contributed by atoms with E-state index < -0.39 is 0 Å². The number of nitrogens with zero attached hydrogens (tertiary/aromatic N) is 1. The third kappa shape index (κ3) is 4.51. The monoisotopic (exact) mass is 453 g/mol. The summed E-state index contributed by atoms with van der Waals surface area (Å²) in [5.41, 5.74) is 4.25. The summed E-state index contributed by atoms with van der Waals surface area (Å²) in [7, 11) is 3.21. The number of aromatic nitrogens is 1. The van der Waals surface area contributed by atoms with Gasteiger partial charge in [0.1, 0.15) is 0 Å². The van der Waals surface area contributed by atoms with Crippen LogP contribution in [0.2, 0.25) is 0 Å². The zero-order valence-corrected chi connectivity index (χ0v) is 18.2. The van der Waals surface area contributed by atoms with E-state index in [0.29, 0.717) is 11.5 Å². The molecule has 1 atom stereocenters. The highest BCUT2D eigenvalue weighted by atomic mass is 79.9. The van der Waals surface area contributed by atoms with Crippen LogP contribution in [0.3, 0.4) is 0 Å². The lowest BCUT2D eigenvalue weighted by atomic mass is 9.96. The summed E-state index contributed by atoms with van der Waals surface area (Å²) in [6, 6.07) is 18.4. The molecule has 4 rings (SSSR count). The van der Waals surface area contributed by atoms with E-state index in [1.54, 1.807) is 14.2 Å². The second kappa shape index (κ2) is 9.23. The van der Waals surface area contributed by atoms with Crippen molar-refractivity contribution < 1.29 is 35.8 Å². The Morgan fingerprint density at radius 3 is 2.24 bits per heavy atom. The van der Waals surface area contributed by atoms with Crippen LogP contribution in [0.25, 0.3) is 0 Å². The number of carbonyl (C=O) groups is 1. The Bertz CT molecular complexity index is 987. The van der Waals surface area contributed by atoms with Gasteiger partial charge in [-0.15, -0.1) is 0 Å². The van der Waals surface area contributed by atoms with Gasteiger partial charge in [-0.3, -0.25) is 4.79 Å². The topological polar surface area (TPSA) is 39.4 Å². The highest BCUT2D eigenvalue weighted by molar-refractivity contribution is 6.03. The summed E-state index contributed by atoms with van der Waals surface area (Å²) in [5.74, 6) is 1.45. The van der Waals surface area contributed by atoms with Crippen molar-refractivity contribution in [1.82, 2.24) is 0 Å². The molecule has 1 heterocycles. The first-order chi connectivity index (χ1) is 13.7. The normalized spacial score (nSPS) is 14.8. The molecule has 0 saturated heterocycles. The van der Waals surface area contributed by atoms with Gasteiger partial charge in [-0.25, -0.2) is 4.57 Å². The van der Waals surface area contributed by atoms with Gasteiger partial charge in [0, 0.05) is 29.2 Å². The van der Waals surface area contributed by atoms with Crippen molar-refractivity contribution >= 4 is 5.78 Å². The maximum atomic E-state index is 12.9. The second-order valence-corrected chi connectivity index (χ2v) is 7.20. The summed E-state index contributed by atoms with van der Waals surface area (Å²) < 4.78 is 12.9. The smallest absolute Gasteiger partial charge is 0.173 e. The highest BCUT2D eigenvalue weighted by Gasteiger charge is 2.32. The first-order valence-corrected chi connectivity index (χ1v) is 9.49. The lowest BCUT2D eigenvalue weighted by molar-refractivity contribution is -0.688. The van der Waals surface area contributed by atoms with Gasteiger partial charge in [-0.05, 0) is 36.1 Å². The largest absolute Gasteiger partial charge is 1.00 e. The van der Waals surface area contributed by atoms with Crippen LogP contribution in [0, 0.1) is 5.92 Å². The number of methoxy groups -OCH3 is 2. The van der Waals surface area contributed by atoms with Gasteiger partial charge in [0.15, 0.2) is 36.2 Å². The fourth-order valence-corrected chi connectivity index (χ4v) is 3.87. The molecule has 0 N–H and O–H groups in total. The molecule has 2 aromatic carbocycles. The maximum absolute atomic E-state index is 12.9. The van der Waals surface area contributed by atoms with E-state index in [1.165, 1.54) is 11.1 Å². The van der Waals surface area contributed by atoms with Crippen LogP contribution in [-0.2, 0) is 19.4 Å². The van der Waals surface area contributed by atoms with Gasteiger partial charge < -0.3 is 26.5 Å². The molecule has 1 aromatic heterocycles. The van der Waals surface area contributed by atoms with E-state index in [0.717, 1.165) is 30.5 Å². The molecule has 29 heavy (non-hydrogen) atoms. The van der Waals surface area contributed by atoms with Crippen LogP contribution >= 0.6 is 0 Å². The number of Topliss-reactive ketones (excluding diaryl/α,β-unsaturated/α-hetero) is 1. The van der Waals surface area contributed by atoms with Gasteiger partial charge in [-0.1, -0.05) is 30.3 Å². The molecular weight excluding hydrogens is 430 g/mol. The number of benzene rings is 2. The number of pyridine rings is 1. The van der Waals surface area contributed by atoms with Crippen molar-refractivity contribution in [3.05, 3.63) is 89.2 Å². The van der Waals surface area contributed by atoms with Gasteiger partial charge in [0.2, 0.25) is 0 Å². The molecular formula is C24H24BrNO3. The molecule has 0 aliphatic heterocycles. The first-order valence-electron chi connectivity index (χ1n) is 9.49. The van der Waals surface area contributed by atoms with Crippen LogP contribution in [0.1, 0.15) is 27.0 Å². The minimum atomic E-state index is -0.0308. The number of ether oxygens (including phenoxy) is 2. The van der Waals surface area contributed by atoms with E-state index >= 15 is 0 Å². The summed E-state index contributed by atoms with van der Waals surface area (Å²) in [6.07, 6.45) is 5.65. The standard InChI is InChI=1S/C24H24NO3.BrH/c1-27-22-14-19-13-20(24(26)21(19)15-23(22)28-2)12-17-8-10-25(11-9-17)16-18-6-4-3-5-7-18;/h3-11,14-15,20H,12-13,16H2,1-2H3;1H/q+1;/p-1. The predicted octanol–water partition coefficient (Wildman–Crippen LogP) is 0.641. The third-order valence-corrected chi connectivity index (χ3v) is 5.36. The molecule has 5 heteroatoms. The molecule has 150 valence electrons. The van der Waals surface area contributed by atoms with Gasteiger partial charge in [-0.2, -0.15) is 0 Å². The van der Waals surface area contributed by atoms with Gasteiger partial charge in [0.25, 0.3) is 0 Å². The Hall–Kier alpha value is -2.66. The summed E-state index contributed by atoms with van der Waals surface area (Å²) in [4.78, 5) is 12.9.